The molecule has 9 heteroatoms. The van der Waals surface area contributed by atoms with Gasteiger partial charge in [0.15, 0.2) is 0 Å². The quantitative estimate of drug-likeness (QED) is 0.474. The normalized spacial score (nSPS) is 25.1. The molecule has 1 unspecified atom stereocenters. The fourth-order valence-electron chi connectivity index (χ4n) is 1.05. The largest absolute Gasteiger partial charge is 0.639 e. The molecule has 82 valence electrons. The number of halogens is 3. The maximum atomic E-state index is 12.9. The van der Waals surface area contributed by atoms with E-state index in [9.17, 15) is 13.2 Å². The predicted molar refractivity (Wildman–Crippen MR) is 38.6 cm³/mol. The second kappa shape index (κ2) is 4.45. The van der Waals surface area contributed by atoms with E-state index in [1.807, 2.05) is 0 Å². The lowest BCUT2D eigenvalue weighted by Gasteiger charge is -2.34. The van der Waals surface area contributed by atoms with Gasteiger partial charge in [0.1, 0.15) is 0 Å². The fourth-order valence-corrected chi connectivity index (χ4v) is 1.05. The zero-order chi connectivity index (χ0) is 10.8. The number of morpholine rings is 1. The summed E-state index contributed by atoms with van der Waals surface area (Å²) < 4.78 is 46.2. The Morgan fingerprint density at radius 2 is 2.14 bits per heavy atom. The van der Waals surface area contributed by atoms with Crippen LogP contribution in [-0.4, -0.2) is 54.6 Å². The summed E-state index contributed by atoms with van der Waals surface area (Å²) in [6, 6.07) is 0. The molecular weight excluding hydrogens is 206 g/mol. The van der Waals surface area contributed by atoms with Crippen molar-refractivity contribution in [1.82, 2.24) is 4.90 Å². The molecule has 0 radical (unpaired) electrons. The molecule has 0 aliphatic carbocycles. The van der Waals surface area contributed by atoms with E-state index < -0.39 is 26.5 Å². The van der Waals surface area contributed by atoms with Crippen LogP contribution in [0.2, 0.25) is 0 Å². The van der Waals surface area contributed by atoms with E-state index in [1.54, 1.807) is 0 Å². The van der Waals surface area contributed by atoms with Gasteiger partial charge in [0.25, 0.3) is 0 Å². The van der Waals surface area contributed by atoms with Gasteiger partial charge in [-0.15, -0.1) is 0 Å². The van der Waals surface area contributed by atoms with Gasteiger partial charge < -0.3 is 19.4 Å². The third-order valence-electron chi connectivity index (χ3n) is 1.64. The van der Waals surface area contributed by atoms with Gasteiger partial charge in [-0.05, 0) is 0 Å². The highest BCUT2D eigenvalue weighted by Crippen LogP contribution is 2.24. The van der Waals surface area contributed by atoms with Crippen molar-refractivity contribution in [3.63, 3.8) is 0 Å². The fraction of sp³-hybridized carbons (Fsp3) is 1.00. The van der Waals surface area contributed by atoms with E-state index >= 15 is 0 Å². The van der Waals surface area contributed by atoms with E-state index in [0.717, 1.165) is 0 Å². The van der Waals surface area contributed by atoms with Gasteiger partial charge in [-0.1, -0.05) is 0 Å². The van der Waals surface area contributed by atoms with Crippen LogP contribution in [0.1, 0.15) is 0 Å². The van der Waals surface area contributed by atoms with Gasteiger partial charge in [-0.3, -0.25) is 0 Å². The summed E-state index contributed by atoms with van der Waals surface area (Å²) in [4.78, 5) is 0.320. The van der Waals surface area contributed by atoms with Gasteiger partial charge in [0.2, 0.25) is 6.36 Å². The number of ether oxygens (including phenoxy) is 1. The van der Waals surface area contributed by atoms with E-state index in [4.69, 9.17) is 10.0 Å². The summed E-state index contributed by atoms with van der Waals surface area (Å²) in [6.45, 7) is -1.14. The second-order valence-electron chi connectivity index (χ2n) is 2.66. The van der Waals surface area contributed by atoms with Crippen LogP contribution in [0.15, 0.2) is 0 Å². The molecule has 2 N–H and O–H groups in total. The molecule has 1 fully saturated rings. The maximum Gasteiger partial charge on any atom is 0.639 e. The zero-order valence-electron chi connectivity index (χ0n) is 7.07. The average molecular weight is 215 g/mol. The summed E-state index contributed by atoms with van der Waals surface area (Å²) in [6.07, 6.45) is -5.74. The van der Waals surface area contributed by atoms with Crippen molar-refractivity contribution in [2.45, 2.75) is 12.6 Å². The molecule has 1 saturated heterocycles. The zero-order valence-corrected chi connectivity index (χ0v) is 7.07. The molecule has 5 nitrogen and oxygen atoms in total. The van der Waals surface area contributed by atoms with Crippen molar-refractivity contribution in [3.05, 3.63) is 0 Å². The van der Waals surface area contributed by atoms with Gasteiger partial charge in [0, 0.05) is 6.54 Å². The molecule has 0 saturated carbocycles. The van der Waals surface area contributed by atoms with Crippen LogP contribution in [0.5, 0.6) is 0 Å². The first-order chi connectivity index (χ1) is 6.42. The summed E-state index contributed by atoms with van der Waals surface area (Å²) >= 11 is 0. The molecule has 1 rings (SSSR count). The Bertz CT molecular complexity index is 196. The Hall–Kier alpha value is -0.345. The first kappa shape index (κ1) is 11.7. The highest BCUT2D eigenvalue weighted by atomic mass is 19.3. The number of nitrogens with zero attached hydrogens (tertiary/aromatic N) is 1. The minimum Gasteiger partial charge on any atom is -0.402 e. The number of hydrogen-bond donors (Lipinski definition) is 2. The molecule has 1 heterocycles. The van der Waals surface area contributed by atoms with E-state index in [-0.39, 0.29) is 13.2 Å². The molecule has 14 heavy (non-hydrogen) atoms. The molecule has 0 spiro atoms. The smallest absolute Gasteiger partial charge is 0.402 e. The Balaban J connectivity index is 2.52. The van der Waals surface area contributed by atoms with E-state index in [1.165, 1.54) is 0 Å². The molecule has 1 aliphatic rings. The van der Waals surface area contributed by atoms with Crippen LogP contribution < -0.4 is 0 Å². The molecule has 0 bridgehead atoms. The van der Waals surface area contributed by atoms with Crippen molar-refractivity contribution in [3.8, 4) is 0 Å². The van der Waals surface area contributed by atoms with Crippen LogP contribution in [0.3, 0.4) is 0 Å². The Morgan fingerprint density at radius 1 is 1.50 bits per heavy atom. The van der Waals surface area contributed by atoms with Crippen LogP contribution >= 0.6 is 0 Å². The van der Waals surface area contributed by atoms with Crippen molar-refractivity contribution >= 4 is 7.32 Å². The van der Waals surface area contributed by atoms with Crippen LogP contribution in [0.25, 0.3) is 0 Å². The van der Waals surface area contributed by atoms with Gasteiger partial charge in [-0.2, -0.15) is 8.78 Å². The van der Waals surface area contributed by atoms with E-state index in [0.29, 0.717) is 4.90 Å². The molecule has 1 aliphatic heterocycles. The average Bonchev–Trinajstić information content (AvgIpc) is 2.01. The summed E-state index contributed by atoms with van der Waals surface area (Å²) in [5, 5.41) is 16.4. The predicted octanol–water partition coefficient (Wildman–Crippen LogP) is -0.849. The SMILES string of the molecule is OB(O)OC(F)(F)N1CCOC(F)C1. The van der Waals surface area contributed by atoms with Crippen molar-refractivity contribution in [2.75, 3.05) is 19.7 Å². The first-order valence-electron chi connectivity index (χ1n) is 3.84. The standard InChI is InChI=1S/C5H9BF3NO4/c7-4-3-10(1-2-13-4)5(8,9)14-6(11)12/h4,11-12H,1-3H2. The van der Waals surface area contributed by atoms with Crippen LogP contribution in [0, 0.1) is 0 Å². The molecule has 0 aromatic heterocycles. The molecular formula is C5H9BF3NO4. The van der Waals surface area contributed by atoms with Gasteiger partial charge in [-0.25, -0.2) is 9.29 Å². The number of hydrogen-bond acceptors (Lipinski definition) is 5. The van der Waals surface area contributed by atoms with Crippen molar-refractivity contribution < 1.29 is 32.6 Å². The van der Waals surface area contributed by atoms with Gasteiger partial charge >= 0.3 is 13.6 Å². The second-order valence-corrected chi connectivity index (χ2v) is 2.66. The van der Waals surface area contributed by atoms with Crippen molar-refractivity contribution in [2.24, 2.45) is 0 Å². The molecule has 0 aromatic carbocycles. The van der Waals surface area contributed by atoms with Crippen LogP contribution in [-0.2, 0) is 9.39 Å². The molecule has 0 amide bonds. The summed E-state index contributed by atoms with van der Waals surface area (Å²) in [5.74, 6) is 0. The first-order valence-corrected chi connectivity index (χ1v) is 3.84. The monoisotopic (exact) mass is 215 g/mol. The van der Waals surface area contributed by atoms with Crippen LogP contribution in [0.4, 0.5) is 13.2 Å². The molecule has 0 aromatic rings. The Morgan fingerprint density at radius 3 is 2.64 bits per heavy atom. The Kier molecular flexibility index (Phi) is 3.73. The number of rotatable bonds is 3. The number of alkyl halides is 3. The van der Waals surface area contributed by atoms with E-state index in [2.05, 4.69) is 9.39 Å². The van der Waals surface area contributed by atoms with Crippen molar-refractivity contribution in [1.29, 1.82) is 0 Å². The third kappa shape index (κ3) is 3.10. The lowest BCUT2D eigenvalue weighted by molar-refractivity contribution is -0.315. The lowest BCUT2D eigenvalue weighted by atomic mass is 10.3. The summed E-state index contributed by atoms with van der Waals surface area (Å²) in [7, 11) is -2.61. The third-order valence-corrected chi connectivity index (χ3v) is 1.64. The minimum atomic E-state index is -3.91. The van der Waals surface area contributed by atoms with Gasteiger partial charge in [0.05, 0.1) is 13.2 Å². The lowest BCUT2D eigenvalue weighted by Crippen LogP contribution is -2.53. The highest BCUT2D eigenvalue weighted by molar-refractivity contribution is 6.32. The highest BCUT2D eigenvalue weighted by Gasteiger charge is 2.44. The topological polar surface area (TPSA) is 62.2 Å². The minimum absolute atomic E-state index is 0.207. The summed E-state index contributed by atoms with van der Waals surface area (Å²) in [5.41, 5.74) is 0. The molecule has 1 atom stereocenters. The maximum absolute atomic E-state index is 12.9. The Labute approximate surface area is 78.2 Å².